The molecule has 88 valence electrons. The van der Waals surface area contributed by atoms with Crippen LogP contribution in [0.2, 0.25) is 0 Å². The number of amides is 1. The number of primary amides is 1. The molecule has 0 aliphatic carbocycles. The summed E-state index contributed by atoms with van der Waals surface area (Å²) in [6.07, 6.45) is -7.18. The molecule has 0 aliphatic heterocycles. The fourth-order valence-electron chi connectivity index (χ4n) is 0.884. The standard InChI is InChI=1S/C9H8F3NO3/c10-9(11,12)16-8(7(13)14)15-6-4-2-1-3-5-6/h1-5,8H,(H2,13,14). The van der Waals surface area contributed by atoms with Gasteiger partial charge in [-0.1, -0.05) is 18.2 Å². The van der Waals surface area contributed by atoms with Crippen molar-refractivity contribution in [3.63, 3.8) is 0 Å². The van der Waals surface area contributed by atoms with E-state index in [2.05, 4.69) is 9.47 Å². The number of rotatable bonds is 4. The van der Waals surface area contributed by atoms with Gasteiger partial charge in [0.2, 0.25) is 0 Å². The van der Waals surface area contributed by atoms with Gasteiger partial charge in [0.1, 0.15) is 5.75 Å². The first-order valence-electron chi connectivity index (χ1n) is 4.14. The SMILES string of the molecule is NC(=O)C(Oc1ccccc1)OC(F)(F)F. The molecule has 1 amide bonds. The first-order chi connectivity index (χ1) is 7.38. The van der Waals surface area contributed by atoms with E-state index in [1.807, 2.05) is 0 Å². The maximum atomic E-state index is 11.9. The molecule has 0 radical (unpaired) electrons. The van der Waals surface area contributed by atoms with Crippen LogP contribution in [0.4, 0.5) is 13.2 Å². The van der Waals surface area contributed by atoms with Crippen molar-refractivity contribution >= 4 is 5.91 Å². The van der Waals surface area contributed by atoms with Gasteiger partial charge >= 0.3 is 6.36 Å². The van der Waals surface area contributed by atoms with Crippen molar-refractivity contribution < 1.29 is 27.4 Å². The Morgan fingerprint density at radius 1 is 1.25 bits per heavy atom. The van der Waals surface area contributed by atoms with Gasteiger partial charge in [0.25, 0.3) is 12.2 Å². The molecule has 2 N–H and O–H groups in total. The summed E-state index contributed by atoms with van der Waals surface area (Å²) in [5.74, 6) is -1.31. The summed E-state index contributed by atoms with van der Waals surface area (Å²) in [6.45, 7) is 0. The van der Waals surface area contributed by atoms with Gasteiger partial charge in [0.15, 0.2) is 0 Å². The summed E-state index contributed by atoms with van der Waals surface area (Å²) in [6, 6.07) is 7.43. The molecule has 16 heavy (non-hydrogen) atoms. The normalized spacial score (nSPS) is 13.2. The lowest BCUT2D eigenvalue weighted by atomic mass is 10.3. The number of carbonyl (C=O) groups excluding carboxylic acids is 1. The highest BCUT2D eigenvalue weighted by Crippen LogP contribution is 2.21. The van der Waals surface area contributed by atoms with E-state index in [0.29, 0.717) is 0 Å². The summed E-state index contributed by atoms with van der Waals surface area (Å²) in [4.78, 5) is 10.7. The molecular weight excluding hydrogens is 227 g/mol. The van der Waals surface area contributed by atoms with Gasteiger partial charge in [-0.05, 0) is 12.1 Å². The van der Waals surface area contributed by atoms with E-state index in [-0.39, 0.29) is 5.75 Å². The highest BCUT2D eigenvalue weighted by molar-refractivity contribution is 5.77. The Labute approximate surface area is 88.8 Å². The molecule has 1 atom stereocenters. The zero-order valence-corrected chi connectivity index (χ0v) is 7.90. The van der Waals surface area contributed by atoms with E-state index in [1.54, 1.807) is 6.07 Å². The Morgan fingerprint density at radius 3 is 2.25 bits per heavy atom. The minimum atomic E-state index is -4.99. The lowest BCUT2D eigenvalue weighted by Gasteiger charge is -2.17. The first-order valence-corrected chi connectivity index (χ1v) is 4.14. The van der Waals surface area contributed by atoms with Crippen LogP contribution in [0, 0.1) is 0 Å². The van der Waals surface area contributed by atoms with Crippen LogP contribution in [0.3, 0.4) is 0 Å². The highest BCUT2D eigenvalue weighted by atomic mass is 19.4. The van der Waals surface area contributed by atoms with E-state index in [9.17, 15) is 18.0 Å². The van der Waals surface area contributed by atoms with Crippen LogP contribution in [0.1, 0.15) is 0 Å². The van der Waals surface area contributed by atoms with Crippen molar-refractivity contribution in [2.75, 3.05) is 0 Å². The summed E-state index contributed by atoms with van der Waals surface area (Å²) in [5.41, 5.74) is 4.70. The molecule has 1 rings (SSSR count). The molecule has 4 nitrogen and oxygen atoms in total. The van der Waals surface area contributed by atoms with Crippen molar-refractivity contribution in [3.8, 4) is 5.75 Å². The average molecular weight is 235 g/mol. The van der Waals surface area contributed by atoms with E-state index >= 15 is 0 Å². The fraction of sp³-hybridized carbons (Fsp3) is 0.222. The Kier molecular flexibility index (Phi) is 3.73. The molecule has 0 aliphatic rings. The minimum absolute atomic E-state index is 0.0514. The van der Waals surface area contributed by atoms with E-state index in [4.69, 9.17) is 5.73 Å². The van der Waals surface area contributed by atoms with Crippen LogP contribution in [0.5, 0.6) is 5.75 Å². The molecule has 1 aromatic rings. The maximum Gasteiger partial charge on any atom is 0.526 e. The first kappa shape index (κ1) is 12.3. The molecule has 0 saturated heterocycles. The van der Waals surface area contributed by atoms with Crippen LogP contribution in [-0.2, 0) is 9.53 Å². The van der Waals surface area contributed by atoms with Crippen molar-refractivity contribution in [1.29, 1.82) is 0 Å². The average Bonchev–Trinajstić information content (AvgIpc) is 2.16. The molecule has 0 heterocycles. The Morgan fingerprint density at radius 2 is 1.81 bits per heavy atom. The van der Waals surface area contributed by atoms with Crippen LogP contribution < -0.4 is 10.5 Å². The number of alkyl halides is 3. The van der Waals surface area contributed by atoms with Crippen molar-refractivity contribution in [2.24, 2.45) is 5.73 Å². The second-order valence-corrected chi connectivity index (χ2v) is 2.73. The third-order valence-electron chi connectivity index (χ3n) is 1.46. The smallest absolute Gasteiger partial charge is 0.455 e. The molecule has 0 spiro atoms. The maximum absolute atomic E-state index is 11.9. The second-order valence-electron chi connectivity index (χ2n) is 2.73. The number of benzene rings is 1. The molecular formula is C9H8F3NO3. The number of carbonyl (C=O) groups is 1. The van der Waals surface area contributed by atoms with Crippen molar-refractivity contribution in [1.82, 2.24) is 0 Å². The van der Waals surface area contributed by atoms with E-state index in [1.165, 1.54) is 24.3 Å². The van der Waals surface area contributed by atoms with E-state index in [0.717, 1.165) is 0 Å². The number of hydrogen-bond donors (Lipinski definition) is 1. The Hall–Kier alpha value is -1.76. The fourth-order valence-corrected chi connectivity index (χ4v) is 0.884. The molecule has 0 saturated carbocycles. The third-order valence-corrected chi connectivity index (χ3v) is 1.46. The van der Waals surface area contributed by atoms with Crippen LogP contribution in [0.25, 0.3) is 0 Å². The number of hydrogen-bond acceptors (Lipinski definition) is 3. The summed E-state index contributed by atoms with van der Waals surface area (Å²) in [7, 11) is 0. The molecule has 7 heteroatoms. The van der Waals surface area contributed by atoms with Gasteiger partial charge < -0.3 is 10.5 Å². The van der Waals surface area contributed by atoms with Crippen molar-refractivity contribution in [3.05, 3.63) is 30.3 Å². The van der Waals surface area contributed by atoms with Crippen LogP contribution >= 0.6 is 0 Å². The van der Waals surface area contributed by atoms with Gasteiger partial charge in [-0.3, -0.25) is 4.79 Å². The highest BCUT2D eigenvalue weighted by Gasteiger charge is 2.37. The number of nitrogens with two attached hydrogens (primary N) is 1. The predicted molar refractivity (Wildman–Crippen MR) is 47.2 cm³/mol. The topological polar surface area (TPSA) is 61.6 Å². The molecule has 1 unspecified atom stereocenters. The number of ether oxygens (including phenoxy) is 2. The molecule has 1 aromatic carbocycles. The molecule has 0 aromatic heterocycles. The van der Waals surface area contributed by atoms with Gasteiger partial charge in [-0.25, -0.2) is 4.74 Å². The second kappa shape index (κ2) is 4.84. The zero-order chi connectivity index (χ0) is 12.2. The predicted octanol–water partition coefficient (Wildman–Crippen LogP) is 1.41. The number of halogens is 3. The Bertz CT molecular complexity index is 353. The van der Waals surface area contributed by atoms with Gasteiger partial charge in [-0.2, -0.15) is 0 Å². The summed E-state index contributed by atoms with van der Waals surface area (Å²) < 4.78 is 43.6. The molecule has 0 bridgehead atoms. The summed E-state index contributed by atoms with van der Waals surface area (Å²) in [5, 5.41) is 0. The van der Waals surface area contributed by atoms with Crippen LogP contribution in [-0.4, -0.2) is 18.6 Å². The lowest BCUT2D eigenvalue weighted by molar-refractivity contribution is -0.359. The van der Waals surface area contributed by atoms with Crippen LogP contribution in [0.15, 0.2) is 30.3 Å². The van der Waals surface area contributed by atoms with Gasteiger partial charge in [0, 0.05) is 0 Å². The Balaban J connectivity index is 2.70. The zero-order valence-electron chi connectivity index (χ0n) is 7.90. The van der Waals surface area contributed by atoms with E-state index < -0.39 is 18.6 Å². The number of para-hydroxylation sites is 1. The van der Waals surface area contributed by atoms with Crippen molar-refractivity contribution in [2.45, 2.75) is 12.7 Å². The summed E-state index contributed by atoms with van der Waals surface area (Å²) >= 11 is 0. The monoisotopic (exact) mass is 235 g/mol. The quantitative estimate of drug-likeness (QED) is 0.802. The van der Waals surface area contributed by atoms with Gasteiger partial charge in [-0.15, -0.1) is 13.2 Å². The van der Waals surface area contributed by atoms with Gasteiger partial charge in [0.05, 0.1) is 0 Å². The third kappa shape index (κ3) is 4.18. The largest absolute Gasteiger partial charge is 0.526 e. The minimum Gasteiger partial charge on any atom is -0.455 e. The lowest BCUT2D eigenvalue weighted by Crippen LogP contribution is -2.40. The molecule has 0 fully saturated rings.